The zero-order valence-electron chi connectivity index (χ0n) is 17.5. The van der Waals surface area contributed by atoms with Gasteiger partial charge in [0.2, 0.25) is 0 Å². The number of rotatable bonds is 6. The molecule has 0 bridgehead atoms. The van der Waals surface area contributed by atoms with Gasteiger partial charge in [0.25, 0.3) is 11.5 Å². The summed E-state index contributed by atoms with van der Waals surface area (Å²) in [6.45, 7) is 1.82. The van der Waals surface area contributed by atoms with Crippen molar-refractivity contribution in [3.63, 3.8) is 0 Å². The van der Waals surface area contributed by atoms with Gasteiger partial charge in [-0.2, -0.15) is 5.10 Å². The molecule has 4 aromatic rings. The maximum absolute atomic E-state index is 13.2. The molecule has 0 saturated heterocycles. The van der Waals surface area contributed by atoms with Crippen LogP contribution in [0.4, 0.5) is 0 Å². The number of carbonyl (C=O) groups is 1. The molecule has 9 heteroatoms. The van der Waals surface area contributed by atoms with E-state index in [1.54, 1.807) is 42.5 Å². The summed E-state index contributed by atoms with van der Waals surface area (Å²) in [4.78, 5) is 30.3. The molecule has 1 aromatic heterocycles. The molecule has 1 heterocycles. The van der Waals surface area contributed by atoms with Gasteiger partial charge in [0, 0.05) is 9.50 Å². The molecule has 4 rings (SSSR count). The molecule has 0 fully saturated rings. The lowest BCUT2D eigenvalue weighted by Gasteiger charge is -2.13. The van der Waals surface area contributed by atoms with Crippen LogP contribution < -0.4 is 11.0 Å². The predicted octanol–water partition coefficient (Wildman–Crippen LogP) is 5.43. The van der Waals surface area contributed by atoms with Crippen molar-refractivity contribution >= 4 is 61.8 Å². The molecule has 1 amide bonds. The number of benzene rings is 3. The minimum absolute atomic E-state index is 0.0372. The van der Waals surface area contributed by atoms with E-state index < -0.39 is 0 Å². The Morgan fingerprint density at radius 1 is 1.09 bits per heavy atom. The third kappa shape index (κ3) is 5.52. The lowest BCUT2D eigenvalue weighted by atomic mass is 10.1. The lowest BCUT2D eigenvalue weighted by Crippen LogP contribution is -2.24. The number of hydrazone groups is 1. The Morgan fingerprint density at radius 3 is 2.52 bits per heavy atom. The number of amides is 1. The molecule has 166 valence electrons. The van der Waals surface area contributed by atoms with Gasteiger partial charge in [0.05, 0.1) is 28.1 Å². The van der Waals surface area contributed by atoms with Crippen LogP contribution in [-0.4, -0.2) is 26.9 Å². The molecule has 3 aromatic carbocycles. The Morgan fingerprint density at radius 2 is 1.79 bits per heavy atom. The Labute approximate surface area is 207 Å². The molecule has 0 unspecified atom stereocenters. The number of hydrogen-bond donors (Lipinski definition) is 1. The molecule has 0 spiro atoms. The van der Waals surface area contributed by atoms with E-state index >= 15 is 0 Å². The summed E-state index contributed by atoms with van der Waals surface area (Å²) in [5.74, 6) is -0.267. The van der Waals surface area contributed by atoms with Crippen molar-refractivity contribution in [2.24, 2.45) is 5.10 Å². The summed E-state index contributed by atoms with van der Waals surface area (Å²) in [6.07, 6.45) is 0. The van der Waals surface area contributed by atoms with Crippen LogP contribution in [-0.2, 0) is 4.79 Å². The minimum Gasteiger partial charge on any atom is -0.272 e. The van der Waals surface area contributed by atoms with E-state index in [-0.39, 0.29) is 17.2 Å². The highest BCUT2D eigenvalue weighted by Crippen LogP contribution is 2.22. The highest BCUT2D eigenvalue weighted by atomic mass is 79.9. The van der Waals surface area contributed by atoms with Crippen molar-refractivity contribution in [3.8, 4) is 5.69 Å². The zero-order chi connectivity index (χ0) is 23.4. The first-order valence-electron chi connectivity index (χ1n) is 9.92. The number of nitrogens with zero attached hydrogens (tertiary/aromatic N) is 3. The molecule has 1 N–H and O–H groups in total. The third-order valence-electron chi connectivity index (χ3n) is 4.77. The summed E-state index contributed by atoms with van der Waals surface area (Å²) in [5.41, 5.74) is 5.13. The Balaban J connectivity index is 1.57. The van der Waals surface area contributed by atoms with Crippen LogP contribution in [0.3, 0.4) is 0 Å². The second kappa shape index (κ2) is 10.3. The van der Waals surface area contributed by atoms with E-state index in [0.29, 0.717) is 32.5 Å². The van der Waals surface area contributed by atoms with Crippen LogP contribution in [0.25, 0.3) is 16.6 Å². The number of carbonyl (C=O) groups excluding carboxylic acids is 1. The maximum atomic E-state index is 13.2. The molecule has 33 heavy (non-hydrogen) atoms. The van der Waals surface area contributed by atoms with Gasteiger partial charge >= 0.3 is 0 Å². The fourth-order valence-electron chi connectivity index (χ4n) is 3.09. The van der Waals surface area contributed by atoms with Crippen LogP contribution in [0.1, 0.15) is 12.5 Å². The van der Waals surface area contributed by atoms with Gasteiger partial charge in [-0.25, -0.2) is 10.4 Å². The number of halogens is 2. The van der Waals surface area contributed by atoms with Crippen LogP contribution in [0, 0.1) is 0 Å². The molecule has 0 radical (unpaired) electrons. The molecule has 0 saturated carbocycles. The number of hydrogen-bond acceptors (Lipinski definition) is 5. The first-order valence-corrected chi connectivity index (χ1v) is 12.1. The van der Waals surface area contributed by atoms with Gasteiger partial charge < -0.3 is 0 Å². The van der Waals surface area contributed by atoms with Gasteiger partial charge in [-0.05, 0) is 61.0 Å². The molecule has 0 aliphatic rings. The second-order valence-electron chi connectivity index (χ2n) is 7.06. The van der Waals surface area contributed by atoms with E-state index in [2.05, 4.69) is 31.4 Å². The Hall–Kier alpha value is -2.94. The average molecular weight is 542 g/mol. The Kier molecular flexibility index (Phi) is 7.27. The van der Waals surface area contributed by atoms with E-state index in [1.165, 1.54) is 4.57 Å². The number of fused-ring (bicyclic) bond motifs is 1. The van der Waals surface area contributed by atoms with Gasteiger partial charge in [-0.15, -0.1) is 0 Å². The van der Waals surface area contributed by atoms with E-state index in [4.69, 9.17) is 11.6 Å². The highest BCUT2D eigenvalue weighted by molar-refractivity contribution is 9.10. The topological polar surface area (TPSA) is 76.3 Å². The van der Waals surface area contributed by atoms with Crippen LogP contribution in [0.2, 0.25) is 5.02 Å². The van der Waals surface area contributed by atoms with Crippen molar-refractivity contribution in [1.82, 2.24) is 15.0 Å². The standard InChI is InChI=1S/C24H18BrClN4O2S/c1-15(16-6-8-17(25)9-7-16)28-29-22(31)14-33-24-27-21-5-3-2-4-20(21)23(32)30(24)19-12-10-18(26)11-13-19/h2-13H,14H2,1H3,(H,29,31)/b28-15+. The number of aromatic nitrogens is 2. The first kappa shape index (κ1) is 23.2. The van der Waals surface area contributed by atoms with Crippen molar-refractivity contribution in [2.45, 2.75) is 12.1 Å². The monoisotopic (exact) mass is 540 g/mol. The number of nitrogens with one attached hydrogen (secondary N) is 1. The second-order valence-corrected chi connectivity index (χ2v) is 9.35. The van der Waals surface area contributed by atoms with Crippen molar-refractivity contribution < 1.29 is 4.79 Å². The molecule has 0 aliphatic carbocycles. The van der Waals surface area contributed by atoms with Gasteiger partial charge in [0.15, 0.2) is 5.16 Å². The summed E-state index contributed by atoms with van der Waals surface area (Å²) < 4.78 is 2.46. The smallest absolute Gasteiger partial charge is 0.266 e. The van der Waals surface area contributed by atoms with Crippen LogP contribution in [0.5, 0.6) is 0 Å². The third-order valence-corrected chi connectivity index (χ3v) is 6.49. The predicted molar refractivity (Wildman–Crippen MR) is 138 cm³/mol. The fraction of sp³-hybridized carbons (Fsp3) is 0.0833. The van der Waals surface area contributed by atoms with Crippen LogP contribution in [0.15, 0.2) is 92.3 Å². The molecule has 6 nitrogen and oxygen atoms in total. The number of para-hydroxylation sites is 1. The quantitative estimate of drug-likeness (QED) is 0.153. The molecule has 0 atom stereocenters. The van der Waals surface area contributed by atoms with E-state index in [1.807, 2.05) is 37.3 Å². The Bertz CT molecular complexity index is 1400. The minimum atomic E-state index is -0.304. The highest BCUT2D eigenvalue weighted by Gasteiger charge is 2.15. The lowest BCUT2D eigenvalue weighted by molar-refractivity contribution is -0.118. The summed E-state index contributed by atoms with van der Waals surface area (Å²) in [5, 5.41) is 5.65. The SMILES string of the molecule is C/C(=N\NC(=O)CSc1nc2ccccc2c(=O)n1-c1ccc(Cl)cc1)c1ccc(Br)cc1. The summed E-state index contributed by atoms with van der Waals surface area (Å²) in [6, 6.07) is 21.7. The van der Waals surface area contributed by atoms with E-state index in [9.17, 15) is 9.59 Å². The molecular weight excluding hydrogens is 524 g/mol. The average Bonchev–Trinajstić information content (AvgIpc) is 2.82. The molecular formula is C24H18BrClN4O2S. The maximum Gasteiger partial charge on any atom is 0.266 e. The van der Waals surface area contributed by atoms with Crippen molar-refractivity contribution in [1.29, 1.82) is 0 Å². The van der Waals surface area contributed by atoms with Crippen molar-refractivity contribution in [3.05, 3.63) is 98.2 Å². The summed E-state index contributed by atoms with van der Waals surface area (Å²) >= 11 is 10.6. The normalized spacial score (nSPS) is 11.5. The zero-order valence-corrected chi connectivity index (χ0v) is 20.6. The fourth-order valence-corrected chi connectivity index (χ4v) is 4.29. The van der Waals surface area contributed by atoms with E-state index in [0.717, 1.165) is 21.8 Å². The molecule has 0 aliphatic heterocycles. The largest absolute Gasteiger partial charge is 0.272 e. The van der Waals surface area contributed by atoms with Crippen molar-refractivity contribution in [2.75, 3.05) is 5.75 Å². The van der Waals surface area contributed by atoms with Gasteiger partial charge in [-0.1, -0.05) is 63.6 Å². The van der Waals surface area contributed by atoms with Gasteiger partial charge in [0.1, 0.15) is 0 Å². The summed E-state index contributed by atoms with van der Waals surface area (Å²) in [7, 11) is 0. The number of thioether (sulfide) groups is 1. The van der Waals surface area contributed by atoms with Crippen LogP contribution >= 0.6 is 39.3 Å². The first-order chi connectivity index (χ1) is 15.9. The van der Waals surface area contributed by atoms with Gasteiger partial charge in [-0.3, -0.25) is 14.2 Å².